The van der Waals surface area contributed by atoms with Crippen molar-refractivity contribution in [1.29, 1.82) is 0 Å². The highest BCUT2D eigenvalue weighted by Gasteiger charge is 2.06. The summed E-state index contributed by atoms with van der Waals surface area (Å²) in [6, 6.07) is 14.7. The van der Waals surface area contributed by atoms with E-state index in [1.165, 1.54) is 16.7 Å². The van der Waals surface area contributed by atoms with E-state index < -0.39 is 0 Å². The molecule has 0 aliphatic carbocycles. The Hall–Kier alpha value is -2.00. The third kappa shape index (κ3) is 9.65. The van der Waals surface area contributed by atoms with E-state index >= 15 is 0 Å². The number of aliphatic imine (C=N–C) groups is 1. The molecule has 7 heteroatoms. The summed E-state index contributed by atoms with van der Waals surface area (Å²) in [7, 11) is 5.85. The molecule has 2 aromatic carbocycles. The zero-order valence-corrected chi connectivity index (χ0v) is 22.4. The Bertz CT molecular complexity index is 827. The lowest BCUT2D eigenvalue weighted by Gasteiger charge is -2.15. The molecule has 0 aliphatic rings. The Kier molecular flexibility index (Phi) is 13.8. The van der Waals surface area contributed by atoms with E-state index in [2.05, 4.69) is 73.0 Å². The van der Waals surface area contributed by atoms with E-state index in [-0.39, 0.29) is 24.0 Å². The molecule has 0 fully saturated rings. The molecule has 6 nitrogen and oxygen atoms in total. The number of halogens is 1. The summed E-state index contributed by atoms with van der Waals surface area (Å²) in [6.45, 7) is 7.96. The smallest absolute Gasteiger partial charge is 0.191 e. The van der Waals surface area contributed by atoms with Crippen LogP contribution in [0.15, 0.2) is 47.5 Å². The van der Waals surface area contributed by atoms with Crippen molar-refractivity contribution in [2.75, 3.05) is 40.9 Å². The predicted molar refractivity (Wildman–Crippen MR) is 145 cm³/mol. The van der Waals surface area contributed by atoms with Crippen molar-refractivity contribution in [3.05, 3.63) is 59.2 Å². The van der Waals surface area contributed by atoms with Crippen LogP contribution in [0.3, 0.4) is 0 Å². The third-order valence-electron chi connectivity index (χ3n) is 4.82. The van der Waals surface area contributed by atoms with Crippen molar-refractivity contribution in [3.63, 3.8) is 0 Å². The molecule has 2 N–H and O–H groups in total. The maximum atomic E-state index is 5.68. The van der Waals surface area contributed by atoms with Gasteiger partial charge in [0.2, 0.25) is 0 Å². The molecule has 0 amide bonds. The molecule has 0 heterocycles. The zero-order chi connectivity index (χ0) is 22.5. The lowest BCUT2D eigenvalue weighted by Crippen LogP contribution is -2.37. The van der Waals surface area contributed by atoms with Gasteiger partial charge in [-0.3, -0.25) is 0 Å². The van der Waals surface area contributed by atoms with E-state index in [0.29, 0.717) is 13.2 Å². The number of hydrogen-bond acceptors (Lipinski definition) is 4. The van der Waals surface area contributed by atoms with Crippen molar-refractivity contribution < 1.29 is 9.47 Å². The van der Waals surface area contributed by atoms with Gasteiger partial charge in [0.1, 0.15) is 0 Å². The molecule has 0 atom stereocenters. The number of ether oxygens (including phenoxy) is 2. The van der Waals surface area contributed by atoms with Gasteiger partial charge in [-0.15, -0.1) is 24.0 Å². The zero-order valence-electron chi connectivity index (χ0n) is 20.1. The van der Waals surface area contributed by atoms with E-state index in [1.807, 2.05) is 13.0 Å². The number of guanidine groups is 1. The molecule has 2 rings (SSSR count). The van der Waals surface area contributed by atoms with Crippen LogP contribution in [0.1, 0.15) is 37.0 Å². The molecule has 0 saturated carbocycles. The van der Waals surface area contributed by atoms with E-state index in [0.717, 1.165) is 49.9 Å². The highest BCUT2D eigenvalue weighted by molar-refractivity contribution is 14.0. The van der Waals surface area contributed by atoms with Crippen LogP contribution < -0.4 is 20.1 Å². The fraction of sp³-hybridized carbons (Fsp3) is 0.480. The Morgan fingerprint density at radius 3 is 2.41 bits per heavy atom. The first-order chi connectivity index (χ1) is 15.1. The average molecular weight is 555 g/mol. The minimum Gasteiger partial charge on any atom is -0.493 e. The van der Waals surface area contributed by atoms with Gasteiger partial charge in [-0.05, 0) is 69.6 Å². The third-order valence-corrected chi connectivity index (χ3v) is 4.82. The quantitative estimate of drug-likeness (QED) is 0.176. The van der Waals surface area contributed by atoms with Crippen LogP contribution in [-0.2, 0) is 19.5 Å². The normalized spacial score (nSPS) is 11.1. The fourth-order valence-electron chi connectivity index (χ4n) is 3.36. The number of benzene rings is 2. The fourth-order valence-corrected chi connectivity index (χ4v) is 3.36. The molecule has 0 radical (unpaired) electrons. The number of aryl methyl sites for hydroxylation is 1. The van der Waals surface area contributed by atoms with Crippen molar-refractivity contribution in [2.45, 2.75) is 39.8 Å². The number of hydrogen-bond donors (Lipinski definition) is 2. The van der Waals surface area contributed by atoms with Crippen molar-refractivity contribution in [1.82, 2.24) is 15.5 Å². The average Bonchev–Trinajstić information content (AvgIpc) is 2.76. The summed E-state index contributed by atoms with van der Waals surface area (Å²) in [4.78, 5) is 6.98. The highest BCUT2D eigenvalue weighted by atomic mass is 127. The molecule has 0 unspecified atom stereocenters. The summed E-state index contributed by atoms with van der Waals surface area (Å²) in [5.74, 6) is 2.44. The van der Waals surface area contributed by atoms with E-state index in [1.54, 1.807) is 7.11 Å². The maximum Gasteiger partial charge on any atom is 0.191 e. The molecular weight excluding hydrogens is 515 g/mol. The van der Waals surface area contributed by atoms with Gasteiger partial charge in [-0.1, -0.05) is 30.3 Å². The Morgan fingerprint density at radius 2 is 1.75 bits per heavy atom. The molecule has 0 saturated heterocycles. The molecule has 0 aromatic heterocycles. The maximum absolute atomic E-state index is 5.68. The van der Waals surface area contributed by atoms with Crippen molar-refractivity contribution >= 4 is 29.9 Å². The molecular formula is C25H39IN4O2. The van der Waals surface area contributed by atoms with Gasteiger partial charge >= 0.3 is 0 Å². The van der Waals surface area contributed by atoms with Gasteiger partial charge in [-0.25, -0.2) is 4.99 Å². The van der Waals surface area contributed by atoms with Crippen LogP contribution >= 0.6 is 24.0 Å². The molecule has 0 spiro atoms. The van der Waals surface area contributed by atoms with Gasteiger partial charge in [0.05, 0.1) is 20.3 Å². The minimum atomic E-state index is 0. The minimum absolute atomic E-state index is 0. The monoisotopic (exact) mass is 554 g/mol. The summed E-state index contributed by atoms with van der Waals surface area (Å²) >= 11 is 0. The topological polar surface area (TPSA) is 58.1 Å². The first-order valence-electron chi connectivity index (χ1n) is 11.1. The lowest BCUT2D eigenvalue weighted by atomic mass is 10.1. The van der Waals surface area contributed by atoms with Crippen LogP contribution in [0.25, 0.3) is 0 Å². The number of nitrogens with zero attached hydrogens (tertiary/aromatic N) is 2. The summed E-state index contributed by atoms with van der Waals surface area (Å²) in [5, 5.41) is 6.80. The second kappa shape index (κ2) is 15.7. The van der Waals surface area contributed by atoms with Gasteiger partial charge in [0.25, 0.3) is 0 Å². The molecule has 32 heavy (non-hydrogen) atoms. The van der Waals surface area contributed by atoms with Crippen LogP contribution in [0.4, 0.5) is 0 Å². The number of rotatable bonds is 12. The van der Waals surface area contributed by atoms with Crippen LogP contribution in [0.2, 0.25) is 0 Å². The molecule has 0 aliphatic heterocycles. The first-order valence-corrected chi connectivity index (χ1v) is 11.1. The first kappa shape index (κ1) is 28.0. The highest BCUT2D eigenvalue weighted by Crippen LogP contribution is 2.28. The van der Waals surface area contributed by atoms with Crippen LogP contribution in [0, 0.1) is 0 Å². The predicted octanol–water partition coefficient (Wildman–Crippen LogP) is 4.46. The molecule has 2 aromatic rings. The SMILES string of the molecule is CCNC(=NCc1ccccc1CN(C)C)NCCCc1ccc(OC)c(OCC)c1.I. The van der Waals surface area contributed by atoms with Gasteiger partial charge in [0, 0.05) is 19.6 Å². The van der Waals surface area contributed by atoms with Crippen LogP contribution in [-0.4, -0.2) is 51.8 Å². The summed E-state index contributed by atoms with van der Waals surface area (Å²) in [6.07, 6.45) is 1.96. The van der Waals surface area contributed by atoms with Gasteiger partial charge in [0.15, 0.2) is 17.5 Å². The summed E-state index contributed by atoms with van der Waals surface area (Å²) < 4.78 is 11.0. The second-order valence-electron chi connectivity index (χ2n) is 7.65. The number of methoxy groups -OCH3 is 1. The Labute approximate surface area is 210 Å². The van der Waals surface area contributed by atoms with Crippen molar-refractivity contribution in [2.24, 2.45) is 4.99 Å². The van der Waals surface area contributed by atoms with Crippen molar-refractivity contribution in [3.8, 4) is 11.5 Å². The Morgan fingerprint density at radius 1 is 1.00 bits per heavy atom. The molecule has 178 valence electrons. The van der Waals surface area contributed by atoms with Crippen LogP contribution in [0.5, 0.6) is 11.5 Å². The standard InChI is InChI=1S/C25H38N4O2.HI/c1-6-26-25(28-18-21-12-8-9-13-22(21)19-29(3)4)27-16-10-11-20-14-15-23(30-5)24(17-20)31-7-2;/h8-9,12-15,17H,6-7,10-11,16,18-19H2,1-5H3,(H2,26,27,28);1H. The summed E-state index contributed by atoms with van der Waals surface area (Å²) in [5.41, 5.74) is 3.82. The Balaban J connectivity index is 0.00000512. The largest absolute Gasteiger partial charge is 0.493 e. The van der Waals surface area contributed by atoms with E-state index in [4.69, 9.17) is 14.5 Å². The second-order valence-corrected chi connectivity index (χ2v) is 7.65. The van der Waals surface area contributed by atoms with Gasteiger partial charge in [-0.2, -0.15) is 0 Å². The van der Waals surface area contributed by atoms with E-state index in [9.17, 15) is 0 Å². The number of nitrogens with one attached hydrogen (secondary N) is 2. The van der Waals surface area contributed by atoms with Gasteiger partial charge < -0.3 is 25.0 Å². The molecule has 0 bridgehead atoms. The lowest BCUT2D eigenvalue weighted by molar-refractivity contribution is 0.310.